The lowest BCUT2D eigenvalue weighted by Gasteiger charge is -2.17. The summed E-state index contributed by atoms with van der Waals surface area (Å²) in [4.78, 5) is 19.6. The molecule has 1 aromatic carbocycles. The second kappa shape index (κ2) is 7.54. The van der Waals surface area contributed by atoms with Gasteiger partial charge in [0.1, 0.15) is 11.6 Å². The van der Waals surface area contributed by atoms with E-state index in [9.17, 15) is 4.79 Å². The third-order valence-electron chi connectivity index (χ3n) is 5.46. The van der Waals surface area contributed by atoms with Crippen molar-refractivity contribution < 1.29 is 9.21 Å². The molecule has 7 heteroatoms. The van der Waals surface area contributed by atoms with Gasteiger partial charge >= 0.3 is 0 Å². The molecule has 1 aliphatic rings. The van der Waals surface area contributed by atoms with Crippen LogP contribution in [-0.2, 0) is 0 Å². The Morgan fingerprint density at radius 2 is 1.87 bits per heavy atom. The SMILES string of the molecule is Cc1nc2c(Cl)cccn2c1NC(=O)c1ccc(-c2ccc(N3CCCC3)cc2)o1. The summed E-state index contributed by atoms with van der Waals surface area (Å²) < 4.78 is 7.60. The van der Waals surface area contributed by atoms with Gasteiger partial charge in [-0.05, 0) is 68.3 Å². The number of carbonyl (C=O) groups is 1. The predicted octanol–water partition coefficient (Wildman–Crippen LogP) is 5.41. The molecule has 6 nitrogen and oxygen atoms in total. The van der Waals surface area contributed by atoms with E-state index in [1.807, 2.05) is 37.4 Å². The summed E-state index contributed by atoms with van der Waals surface area (Å²) >= 11 is 6.20. The van der Waals surface area contributed by atoms with Crippen molar-refractivity contribution in [2.75, 3.05) is 23.3 Å². The Hall–Kier alpha value is -3.25. The van der Waals surface area contributed by atoms with Crippen LogP contribution in [0.2, 0.25) is 5.02 Å². The number of aromatic nitrogens is 2. The Kier molecular flexibility index (Phi) is 4.71. The molecule has 1 saturated heterocycles. The van der Waals surface area contributed by atoms with Crippen LogP contribution in [-0.4, -0.2) is 28.4 Å². The molecule has 4 heterocycles. The van der Waals surface area contributed by atoms with Gasteiger partial charge in [-0.1, -0.05) is 11.6 Å². The first kappa shape index (κ1) is 18.8. The second-order valence-corrected chi connectivity index (χ2v) is 7.86. The molecule has 30 heavy (non-hydrogen) atoms. The lowest BCUT2D eigenvalue weighted by atomic mass is 10.1. The average Bonchev–Trinajstić information content (AvgIpc) is 3.50. The lowest BCUT2D eigenvalue weighted by Crippen LogP contribution is -2.17. The molecule has 4 aromatic rings. The van der Waals surface area contributed by atoms with Crippen LogP contribution < -0.4 is 10.2 Å². The molecule has 152 valence electrons. The number of nitrogens with zero attached hydrogens (tertiary/aromatic N) is 3. The van der Waals surface area contributed by atoms with Crippen molar-refractivity contribution in [1.82, 2.24) is 9.38 Å². The summed E-state index contributed by atoms with van der Waals surface area (Å²) in [5.74, 6) is 1.14. The van der Waals surface area contributed by atoms with Crippen molar-refractivity contribution >= 4 is 34.7 Å². The van der Waals surface area contributed by atoms with Crippen molar-refractivity contribution in [2.24, 2.45) is 0 Å². The monoisotopic (exact) mass is 420 g/mol. The molecule has 0 radical (unpaired) electrons. The standard InChI is InChI=1S/C23H21ClN4O2/c1-15-21(28-14-4-5-18(24)22(28)25-15)26-23(29)20-11-10-19(30-20)16-6-8-17(9-7-16)27-12-2-3-13-27/h4-11,14H,2-3,12-13H2,1H3,(H,26,29). The van der Waals surface area contributed by atoms with Crippen LogP contribution in [0, 0.1) is 6.92 Å². The number of imidazole rings is 1. The minimum atomic E-state index is -0.334. The molecule has 1 amide bonds. The molecule has 0 aliphatic carbocycles. The number of halogens is 1. The molecule has 0 atom stereocenters. The highest BCUT2D eigenvalue weighted by molar-refractivity contribution is 6.33. The maximum absolute atomic E-state index is 12.8. The number of benzene rings is 1. The van der Waals surface area contributed by atoms with Gasteiger partial charge in [-0.15, -0.1) is 0 Å². The molecule has 0 saturated carbocycles. The van der Waals surface area contributed by atoms with E-state index in [4.69, 9.17) is 16.0 Å². The van der Waals surface area contributed by atoms with Crippen molar-refractivity contribution in [3.05, 3.63) is 71.2 Å². The number of rotatable bonds is 4. The van der Waals surface area contributed by atoms with Crippen molar-refractivity contribution in [2.45, 2.75) is 19.8 Å². The summed E-state index contributed by atoms with van der Waals surface area (Å²) in [5.41, 5.74) is 3.45. The number of aryl methyl sites for hydroxylation is 1. The number of furan rings is 1. The van der Waals surface area contributed by atoms with Gasteiger partial charge in [0.15, 0.2) is 11.4 Å². The summed E-state index contributed by atoms with van der Waals surface area (Å²) in [6.45, 7) is 4.05. The third-order valence-corrected chi connectivity index (χ3v) is 5.76. The second-order valence-electron chi connectivity index (χ2n) is 7.45. The molecule has 1 N–H and O–H groups in total. The highest BCUT2D eigenvalue weighted by Crippen LogP contribution is 2.28. The zero-order valence-corrected chi connectivity index (χ0v) is 17.3. The van der Waals surface area contributed by atoms with E-state index < -0.39 is 0 Å². The van der Waals surface area contributed by atoms with Crippen LogP contribution in [0.25, 0.3) is 17.0 Å². The normalized spacial score (nSPS) is 13.9. The number of fused-ring (bicyclic) bond motifs is 1. The van der Waals surface area contributed by atoms with Gasteiger partial charge in [0, 0.05) is 30.5 Å². The summed E-state index contributed by atoms with van der Waals surface area (Å²) in [6, 6.07) is 15.4. The zero-order chi connectivity index (χ0) is 20.7. The average molecular weight is 421 g/mol. The molecule has 0 bridgehead atoms. The van der Waals surface area contributed by atoms with Crippen LogP contribution in [0.3, 0.4) is 0 Å². The highest BCUT2D eigenvalue weighted by Gasteiger charge is 2.18. The first-order valence-electron chi connectivity index (χ1n) is 10.00. The molecule has 0 unspecified atom stereocenters. The van der Waals surface area contributed by atoms with Gasteiger partial charge in [-0.2, -0.15) is 0 Å². The van der Waals surface area contributed by atoms with Crippen LogP contribution in [0.4, 0.5) is 11.5 Å². The first-order valence-corrected chi connectivity index (χ1v) is 10.4. The smallest absolute Gasteiger partial charge is 0.292 e. The van der Waals surface area contributed by atoms with E-state index in [1.165, 1.54) is 18.5 Å². The van der Waals surface area contributed by atoms with Crippen LogP contribution >= 0.6 is 11.6 Å². The number of hydrogen-bond donors (Lipinski definition) is 1. The van der Waals surface area contributed by atoms with Gasteiger partial charge in [0.05, 0.1) is 10.7 Å². The Morgan fingerprint density at radius 3 is 2.63 bits per heavy atom. The van der Waals surface area contributed by atoms with Crippen molar-refractivity contribution in [3.63, 3.8) is 0 Å². The number of pyridine rings is 1. The van der Waals surface area contributed by atoms with Crippen molar-refractivity contribution in [1.29, 1.82) is 0 Å². The Bertz CT molecular complexity index is 1220. The van der Waals surface area contributed by atoms with E-state index in [0.717, 1.165) is 18.7 Å². The van der Waals surface area contributed by atoms with Gasteiger partial charge < -0.3 is 14.6 Å². The molecule has 3 aromatic heterocycles. The van der Waals surface area contributed by atoms with E-state index in [2.05, 4.69) is 27.3 Å². The molecule has 1 fully saturated rings. The summed E-state index contributed by atoms with van der Waals surface area (Å²) in [6.07, 6.45) is 4.30. The van der Waals surface area contributed by atoms with Crippen molar-refractivity contribution in [3.8, 4) is 11.3 Å². The minimum absolute atomic E-state index is 0.241. The third kappa shape index (κ3) is 3.33. The molecule has 5 rings (SSSR count). The van der Waals surface area contributed by atoms with Crippen LogP contribution in [0.1, 0.15) is 29.1 Å². The quantitative estimate of drug-likeness (QED) is 0.479. The van der Waals surface area contributed by atoms with Gasteiger partial charge in [0.2, 0.25) is 0 Å². The number of anilines is 2. The fourth-order valence-corrected chi connectivity index (χ4v) is 4.10. The minimum Gasteiger partial charge on any atom is -0.451 e. The fraction of sp³-hybridized carbons (Fsp3) is 0.217. The highest BCUT2D eigenvalue weighted by atomic mass is 35.5. The van der Waals surface area contributed by atoms with Crippen LogP contribution in [0.15, 0.2) is 59.1 Å². The summed E-state index contributed by atoms with van der Waals surface area (Å²) in [5, 5.41) is 3.42. The van der Waals surface area contributed by atoms with Gasteiger partial charge in [-0.3, -0.25) is 9.20 Å². The molecular formula is C23H21ClN4O2. The maximum Gasteiger partial charge on any atom is 0.292 e. The van der Waals surface area contributed by atoms with E-state index in [1.54, 1.807) is 16.5 Å². The fourth-order valence-electron chi connectivity index (χ4n) is 3.89. The predicted molar refractivity (Wildman–Crippen MR) is 118 cm³/mol. The van der Waals surface area contributed by atoms with Gasteiger partial charge in [-0.25, -0.2) is 4.98 Å². The van der Waals surface area contributed by atoms with Crippen LogP contribution in [0.5, 0.6) is 0 Å². The molecule has 0 spiro atoms. The Morgan fingerprint density at radius 1 is 1.10 bits per heavy atom. The van der Waals surface area contributed by atoms with E-state index in [-0.39, 0.29) is 11.7 Å². The topological polar surface area (TPSA) is 62.8 Å². The summed E-state index contributed by atoms with van der Waals surface area (Å²) in [7, 11) is 0. The maximum atomic E-state index is 12.8. The first-order chi connectivity index (χ1) is 14.6. The Balaban J connectivity index is 1.36. The van der Waals surface area contributed by atoms with E-state index >= 15 is 0 Å². The zero-order valence-electron chi connectivity index (χ0n) is 16.6. The number of nitrogens with one attached hydrogen (secondary N) is 1. The largest absolute Gasteiger partial charge is 0.451 e. The molecule has 1 aliphatic heterocycles. The number of hydrogen-bond acceptors (Lipinski definition) is 4. The van der Waals surface area contributed by atoms with E-state index in [0.29, 0.717) is 27.9 Å². The number of amides is 1. The van der Waals surface area contributed by atoms with Gasteiger partial charge in [0.25, 0.3) is 5.91 Å². The number of carbonyl (C=O) groups excluding carboxylic acids is 1. The Labute approximate surface area is 179 Å². The molecular weight excluding hydrogens is 400 g/mol. The lowest BCUT2D eigenvalue weighted by molar-refractivity contribution is 0.0997.